The van der Waals surface area contributed by atoms with Crippen LogP contribution in [0.1, 0.15) is 25.7 Å². The van der Waals surface area contributed by atoms with Crippen LogP contribution in [0.2, 0.25) is 0 Å². The van der Waals surface area contributed by atoms with Gasteiger partial charge in [0.25, 0.3) is 5.56 Å². The quantitative estimate of drug-likeness (QED) is 0.615. The lowest BCUT2D eigenvalue weighted by Gasteiger charge is -2.17. The maximum Gasteiger partial charge on any atom is 0.262 e. The molecule has 1 aromatic heterocycles. The Morgan fingerprint density at radius 3 is 2.62 bits per heavy atom. The first-order chi connectivity index (χ1) is 11.8. The van der Waals surface area contributed by atoms with Crippen molar-refractivity contribution in [1.29, 1.82) is 0 Å². The van der Waals surface area contributed by atoms with Gasteiger partial charge in [-0.2, -0.15) is 0 Å². The number of para-hydroxylation sites is 1. The normalized spacial score (nSPS) is 24.0. The Bertz CT molecular complexity index is 764. The summed E-state index contributed by atoms with van der Waals surface area (Å²) in [6.07, 6.45) is 4.69. The number of thioether (sulfide) groups is 1. The summed E-state index contributed by atoms with van der Waals surface area (Å²) in [4.78, 5) is 17.7. The molecule has 2 saturated heterocycles. The first kappa shape index (κ1) is 16.1. The minimum Gasteiger partial charge on any atom is -0.377 e. The molecule has 4 rings (SSSR count). The monoisotopic (exact) mass is 346 g/mol. The van der Waals surface area contributed by atoms with Crippen molar-refractivity contribution in [3.05, 3.63) is 34.6 Å². The summed E-state index contributed by atoms with van der Waals surface area (Å²) in [6.45, 7) is 2.22. The largest absolute Gasteiger partial charge is 0.377 e. The molecule has 0 spiro atoms. The SMILES string of the molecule is O=c1c2ccccc2nc(SCC2CCCO2)n1CC1CCCO1. The van der Waals surface area contributed by atoms with Gasteiger partial charge in [0.1, 0.15) is 0 Å². The van der Waals surface area contributed by atoms with Crippen molar-refractivity contribution in [2.24, 2.45) is 0 Å². The van der Waals surface area contributed by atoms with E-state index in [9.17, 15) is 4.79 Å². The van der Waals surface area contributed by atoms with Crippen molar-refractivity contribution in [2.45, 2.75) is 49.6 Å². The second-order valence-electron chi connectivity index (χ2n) is 6.41. The van der Waals surface area contributed by atoms with E-state index < -0.39 is 0 Å². The third kappa shape index (κ3) is 3.36. The molecule has 2 aliphatic heterocycles. The molecule has 2 unspecified atom stereocenters. The highest BCUT2D eigenvalue weighted by molar-refractivity contribution is 7.99. The number of nitrogens with zero attached hydrogens (tertiary/aromatic N) is 2. The minimum atomic E-state index is 0.0333. The Hall–Kier alpha value is -1.37. The van der Waals surface area contributed by atoms with Crippen molar-refractivity contribution in [3.63, 3.8) is 0 Å². The van der Waals surface area contributed by atoms with Gasteiger partial charge in [0, 0.05) is 19.0 Å². The van der Waals surface area contributed by atoms with E-state index in [1.54, 1.807) is 16.3 Å². The smallest absolute Gasteiger partial charge is 0.262 e. The molecule has 0 radical (unpaired) electrons. The molecule has 128 valence electrons. The standard InChI is InChI=1S/C18H22N2O3S/c21-17-15-7-1-2-8-16(15)19-18(24-12-14-6-4-10-23-14)20(17)11-13-5-3-9-22-13/h1-2,7-8,13-14H,3-6,9-12H2. The van der Waals surface area contributed by atoms with Gasteiger partial charge in [-0.15, -0.1) is 0 Å². The van der Waals surface area contributed by atoms with Crippen molar-refractivity contribution < 1.29 is 9.47 Å². The van der Waals surface area contributed by atoms with Gasteiger partial charge in [0.05, 0.1) is 29.7 Å². The second-order valence-corrected chi connectivity index (χ2v) is 7.40. The van der Waals surface area contributed by atoms with E-state index in [1.807, 2.05) is 24.3 Å². The topological polar surface area (TPSA) is 53.3 Å². The first-order valence-electron chi connectivity index (χ1n) is 8.67. The zero-order valence-electron chi connectivity index (χ0n) is 13.6. The van der Waals surface area contributed by atoms with Gasteiger partial charge in [-0.05, 0) is 37.8 Å². The Kier molecular flexibility index (Phi) is 4.87. The number of rotatable bonds is 5. The van der Waals surface area contributed by atoms with Crippen LogP contribution in [0.25, 0.3) is 10.9 Å². The lowest BCUT2D eigenvalue weighted by molar-refractivity contribution is 0.0937. The summed E-state index contributed by atoms with van der Waals surface area (Å²) in [6, 6.07) is 7.57. The third-order valence-corrected chi connectivity index (χ3v) is 5.77. The molecule has 5 nitrogen and oxygen atoms in total. The Morgan fingerprint density at radius 1 is 1.12 bits per heavy atom. The number of ether oxygens (including phenoxy) is 2. The molecular formula is C18H22N2O3S. The maximum atomic E-state index is 13.0. The predicted octanol–water partition coefficient (Wildman–Crippen LogP) is 2.85. The fourth-order valence-electron chi connectivity index (χ4n) is 3.35. The predicted molar refractivity (Wildman–Crippen MR) is 94.7 cm³/mol. The summed E-state index contributed by atoms with van der Waals surface area (Å²) >= 11 is 1.63. The van der Waals surface area contributed by atoms with Crippen LogP contribution in [-0.4, -0.2) is 40.7 Å². The molecule has 2 aromatic rings. The van der Waals surface area contributed by atoms with Crippen LogP contribution < -0.4 is 5.56 Å². The van der Waals surface area contributed by atoms with E-state index in [0.717, 1.165) is 55.3 Å². The van der Waals surface area contributed by atoms with E-state index in [4.69, 9.17) is 14.5 Å². The zero-order chi connectivity index (χ0) is 16.4. The van der Waals surface area contributed by atoms with Crippen molar-refractivity contribution in [2.75, 3.05) is 19.0 Å². The van der Waals surface area contributed by atoms with E-state index >= 15 is 0 Å². The van der Waals surface area contributed by atoms with Crippen LogP contribution in [0.5, 0.6) is 0 Å². The molecule has 3 heterocycles. The Labute approximate surface area is 145 Å². The maximum absolute atomic E-state index is 13.0. The molecule has 0 amide bonds. The fraction of sp³-hybridized carbons (Fsp3) is 0.556. The second kappa shape index (κ2) is 7.25. The molecule has 1 aromatic carbocycles. The zero-order valence-corrected chi connectivity index (χ0v) is 14.5. The molecule has 0 saturated carbocycles. The Balaban J connectivity index is 1.66. The highest BCUT2D eigenvalue weighted by atomic mass is 32.2. The van der Waals surface area contributed by atoms with E-state index in [1.165, 1.54) is 0 Å². The van der Waals surface area contributed by atoms with Crippen molar-refractivity contribution in [3.8, 4) is 0 Å². The van der Waals surface area contributed by atoms with Crippen LogP contribution in [0.3, 0.4) is 0 Å². The summed E-state index contributed by atoms with van der Waals surface area (Å²) in [5, 5.41) is 1.46. The van der Waals surface area contributed by atoms with Crippen LogP contribution >= 0.6 is 11.8 Å². The summed E-state index contributed by atoms with van der Waals surface area (Å²) in [5.41, 5.74) is 0.798. The average molecular weight is 346 g/mol. The molecular weight excluding hydrogens is 324 g/mol. The lowest BCUT2D eigenvalue weighted by Crippen LogP contribution is -2.29. The van der Waals surface area contributed by atoms with Crippen LogP contribution in [0.4, 0.5) is 0 Å². The third-order valence-electron chi connectivity index (χ3n) is 4.66. The number of benzene rings is 1. The van der Waals surface area contributed by atoms with E-state index in [-0.39, 0.29) is 17.8 Å². The van der Waals surface area contributed by atoms with Gasteiger partial charge in [-0.25, -0.2) is 4.98 Å². The average Bonchev–Trinajstić information content (AvgIpc) is 3.29. The summed E-state index contributed by atoms with van der Waals surface area (Å²) in [5.74, 6) is 0.844. The first-order valence-corrected chi connectivity index (χ1v) is 9.65. The van der Waals surface area contributed by atoms with Crippen LogP contribution in [-0.2, 0) is 16.0 Å². The number of hydrogen-bond acceptors (Lipinski definition) is 5. The Morgan fingerprint density at radius 2 is 1.88 bits per heavy atom. The van der Waals surface area contributed by atoms with E-state index in [0.29, 0.717) is 11.9 Å². The summed E-state index contributed by atoms with van der Waals surface area (Å²) in [7, 11) is 0. The molecule has 24 heavy (non-hydrogen) atoms. The number of hydrogen-bond donors (Lipinski definition) is 0. The van der Waals surface area contributed by atoms with Gasteiger partial charge < -0.3 is 9.47 Å². The van der Waals surface area contributed by atoms with Crippen molar-refractivity contribution >= 4 is 22.7 Å². The van der Waals surface area contributed by atoms with Crippen molar-refractivity contribution in [1.82, 2.24) is 9.55 Å². The highest BCUT2D eigenvalue weighted by Gasteiger charge is 2.22. The molecule has 2 atom stereocenters. The highest BCUT2D eigenvalue weighted by Crippen LogP contribution is 2.24. The molecule has 0 aliphatic carbocycles. The van der Waals surface area contributed by atoms with Gasteiger partial charge in [-0.3, -0.25) is 9.36 Å². The molecule has 2 aliphatic rings. The molecule has 0 bridgehead atoms. The van der Waals surface area contributed by atoms with Gasteiger partial charge in [0.2, 0.25) is 0 Å². The molecule has 0 N–H and O–H groups in total. The molecule has 6 heteroatoms. The van der Waals surface area contributed by atoms with Gasteiger partial charge in [-0.1, -0.05) is 23.9 Å². The van der Waals surface area contributed by atoms with E-state index in [2.05, 4.69) is 0 Å². The van der Waals surface area contributed by atoms with Crippen LogP contribution in [0, 0.1) is 0 Å². The van der Waals surface area contributed by atoms with Gasteiger partial charge >= 0.3 is 0 Å². The fourth-order valence-corrected chi connectivity index (χ4v) is 4.43. The van der Waals surface area contributed by atoms with Crippen LogP contribution in [0.15, 0.2) is 34.2 Å². The summed E-state index contributed by atoms with van der Waals surface area (Å²) < 4.78 is 13.2. The number of aromatic nitrogens is 2. The number of fused-ring (bicyclic) bond motifs is 1. The van der Waals surface area contributed by atoms with Gasteiger partial charge in [0.15, 0.2) is 5.16 Å². The minimum absolute atomic E-state index is 0.0333. The lowest BCUT2D eigenvalue weighted by atomic mass is 10.2. The molecule has 2 fully saturated rings.